The van der Waals surface area contributed by atoms with Crippen molar-refractivity contribution >= 4 is 33.3 Å². The summed E-state index contributed by atoms with van der Waals surface area (Å²) in [5, 5.41) is 2.12. The molecule has 0 aliphatic heterocycles. The van der Waals surface area contributed by atoms with Crippen molar-refractivity contribution in [1.29, 1.82) is 0 Å². The van der Waals surface area contributed by atoms with E-state index in [-0.39, 0.29) is 11.8 Å². The summed E-state index contributed by atoms with van der Waals surface area (Å²) in [5.41, 5.74) is 1.98. The van der Waals surface area contributed by atoms with Crippen LogP contribution in [0.1, 0.15) is 50.7 Å². The molecule has 10 heteroatoms. The average Bonchev–Trinajstić information content (AvgIpc) is 2.55. The molecule has 2 aromatic rings. The zero-order valence-corrected chi connectivity index (χ0v) is 16.8. The third-order valence-corrected chi connectivity index (χ3v) is 5.21. The number of benzene rings is 1. The molecule has 0 aliphatic carbocycles. The molecule has 0 bridgehead atoms. The highest BCUT2D eigenvalue weighted by Gasteiger charge is 2.25. The van der Waals surface area contributed by atoms with E-state index in [0.717, 1.165) is 23.5 Å². The van der Waals surface area contributed by atoms with Gasteiger partial charge >= 0.3 is 6.03 Å². The number of nitrogens with zero attached hydrogens (tertiary/aromatic N) is 2. The number of carbonyl (C=O) groups excluding carboxylic acids is 1. The molecule has 0 radical (unpaired) electrons. The van der Waals surface area contributed by atoms with Crippen LogP contribution in [0.15, 0.2) is 29.6 Å². The second-order valence-corrected chi connectivity index (χ2v) is 8.51. The Hall–Kier alpha value is -2.26. The Morgan fingerprint density at radius 3 is 2.07 bits per heavy atom. The van der Waals surface area contributed by atoms with Gasteiger partial charge in [0.05, 0.1) is 0 Å². The standard InChI is InChI=1S/C17H20ClFN4O3S/c1-9(2)12-7-11(18)8-13(10(3)4)14(12)22-17(24)23-27(25,26)16-15(19)20-5-6-21-16/h5-10H,1-4H3,(H2,22,23,24). The molecule has 0 saturated carbocycles. The largest absolute Gasteiger partial charge is 0.333 e. The number of anilines is 1. The number of carbonyl (C=O) groups is 1. The van der Waals surface area contributed by atoms with E-state index in [4.69, 9.17) is 11.6 Å². The Kier molecular flexibility index (Phi) is 6.38. The smallest absolute Gasteiger partial charge is 0.307 e. The minimum atomic E-state index is -4.52. The van der Waals surface area contributed by atoms with Crippen LogP contribution in [0.5, 0.6) is 0 Å². The topological polar surface area (TPSA) is 101 Å². The number of hydrogen-bond donors (Lipinski definition) is 2. The molecular weight excluding hydrogens is 395 g/mol. The molecule has 1 aromatic carbocycles. The predicted molar refractivity (Wildman–Crippen MR) is 101 cm³/mol. The van der Waals surface area contributed by atoms with E-state index >= 15 is 0 Å². The fourth-order valence-corrected chi connectivity index (χ4v) is 3.60. The van der Waals surface area contributed by atoms with Gasteiger partial charge in [-0.05, 0) is 35.1 Å². The summed E-state index contributed by atoms with van der Waals surface area (Å²) in [6.07, 6.45) is 2.02. The first-order chi connectivity index (χ1) is 12.5. The van der Waals surface area contributed by atoms with Crippen LogP contribution in [0.4, 0.5) is 14.9 Å². The molecule has 0 spiro atoms. The highest BCUT2D eigenvalue weighted by Crippen LogP contribution is 2.35. The lowest BCUT2D eigenvalue weighted by Gasteiger charge is -2.21. The van der Waals surface area contributed by atoms with Gasteiger partial charge in [-0.2, -0.15) is 12.8 Å². The third kappa shape index (κ3) is 4.92. The molecule has 2 rings (SSSR count). The number of urea groups is 1. The summed E-state index contributed by atoms with van der Waals surface area (Å²) in [7, 11) is -4.52. The lowest BCUT2D eigenvalue weighted by molar-refractivity contribution is 0.256. The predicted octanol–water partition coefficient (Wildman–Crippen LogP) is 4.03. The number of rotatable bonds is 5. The Morgan fingerprint density at radius 2 is 1.59 bits per heavy atom. The van der Waals surface area contributed by atoms with Crippen molar-refractivity contribution in [3.8, 4) is 0 Å². The summed E-state index contributed by atoms with van der Waals surface area (Å²) in [4.78, 5) is 19.0. The van der Waals surface area contributed by atoms with Crippen LogP contribution in [0, 0.1) is 5.95 Å². The summed E-state index contributed by atoms with van der Waals surface area (Å²) in [5.74, 6) is -1.26. The van der Waals surface area contributed by atoms with Crippen molar-refractivity contribution in [2.24, 2.45) is 0 Å². The minimum Gasteiger partial charge on any atom is -0.307 e. The molecule has 0 unspecified atom stereocenters. The van der Waals surface area contributed by atoms with E-state index in [1.807, 2.05) is 27.7 Å². The van der Waals surface area contributed by atoms with Gasteiger partial charge < -0.3 is 5.32 Å². The summed E-state index contributed by atoms with van der Waals surface area (Å²) in [6.45, 7) is 7.68. The van der Waals surface area contributed by atoms with E-state index in [2.05, 4.69) is 15.3 Å². The van der Waals surface area contributed by atoms with Crippen LogP contribution in [-0.2, 0) is 10.0 Å². The number of sulfonamides is 1. The molecule has 7 nitrogen and oxygen atoms in total. The van der Waals surface area contributed by atoms with Gasteiger partial charge in [0.15, 0.2) is 0 Å². The Bertz CT molecular complexity index is 935. The molecule has 0 fully saturated rings. The summed E-state index contributed by atoms with van der Waals surface area (Å²) in [6, 6.07) is 2.39. The van der Waals surface area contributed by atoms with Gasteiger partial charge in [-0.3, -0.25) is 0 Å². The lowest BCUT2D eigenvalue weighted by Crippen LogP contribution is -2.36. The molecule has 27 heavy (non-hydrogen) atoms. The number of hydrogen-bond acceptors (Lipinski definition) is 5. The van der Waals surface area contributed by atoms with Crippen molar-refractivity contribution in [3.63, 3.8) is 0 Å². The number of amides is 2. The molecule has 2 amide bonds. The lowest BCUT2D eigenvalue weighted by atomic mass is 9.92. The first kappa shape index (κ1) is 21.0. The third-order valence-electron chi connectivity index (χ3n) is 3.75. The van der Waals surface area contributed by atoms with Crippen LogP contribution in [0.25, 0.3) is 0 Å². The zero-order chi connectivity index (χ0) is 20.4. The average molecular weight is 415 g/mol. The number of aromatic nitrogens is 2. The van der Waals surface area contributed by atoms with E-state index in [9.17, 15) is 17.6 Å². The van der Waals surface area contributed by atoms with Gasteiger partial charge in [0.25, 0.3) is 16.0 Å². The molecule has 146 valence electrons. The highest BCUT2D eigenvalue weighted by atomic mass is 35.5. The van der Waals surface area contributed by atoms with E-state index in [1.165, 1.54) is 0 Å². The Balaban J connectivity index is 2.37. The summed E-state index contributed by atoms with van der Waals surface area (Å²) < 4.78 is 39.8. The van der Waals surface area contributed by atoms with Gasteiger partial charge in [-0.1, -0.05) is 39.3 Å². The van der Waals surface area contributed by atoms with E-state index in [0.29, 0.717) is 10.7 Å². The maximum Gasteiger partial charge on any atom is 0.333 e. The van der Waals surface area contributed by atoms with Crippen LogP contribution in [-0.4, -0.2) is 24.4 Å². The molecule has 2 N–H and O–H groups in total. The fraction of sp³-hybridized carbons (Fsp3) is 0.353. The van der Waals surface area contributed by atoms with Gasteiger partial charge in [0.2, 0.25) is 5.03 Å². The van der Waals surface area contributed by atoms with Crippen LogP contribution >= 0.6 is 11.6 Å². The normalized spacial score (nSPS) is 11.7. The molecule has 0 aliphatic rings. The van der Waals surface area contributed by atoms with Crippen LogP contribution in [0.3, 0.4) is 0 Å². The van der Waals surface area contributed by atoms with Crippen LogP contribution < -0.4 is 10.0 Å². The number of halogens is 2. The first-order valence-electron chi connectivity index (χ1n) is 8.16. The monoisotopic (exact) mass is 414 g/mol. The van der Waals surface area contributed by atoms with Crippen LogP contribution in [0.2, 0.25) is 5.02 Å². The van der Waals surface area contributed by atoms with Gasteiger partial charge in [-0.25, -0.2) is 19.5 Å². The number of nitrogens with one attached hydrogen (secondary N) is 2. The van der Waals surface area contributed by atoms with E-state index in [1.54, 1.807) is 16.9 Å². The van der Waals surface area contributed by atoms with Gasteiger partial charge in [0, 0.05) is 23.1 Å². The second-order valence-electron chi connectivity index (χ2n) is 6.48. The quantitative estimate of drug-likeness (QED) is 0.769. The van der Waals surface area contributed by atoms with Crippen molar-refractivity contribution in [1.82, 2.24) is 14.7 Å². The molecular formula is C17H20ClFN4O3S. The molecule has 0 saturated heterocycles. The van der Waals surface area contributed by atoms with Crippen molar-refractivity contribution in [2.45, 2.75) is 44.6 Å². The maximum absolute atomic E-state index is 13.6. The minimum absolute atomic E-state index is 0.0190. The molecule has 1 heterocycles. The fourth-order valence-electron chi connectivity index (χ4n) is 2.50. The highest BCUT2D eigenvalue weighted by molar-refractivity contribution is 7.90. The second kappa shape index (κ2) is 8.18. The maximum atomic E-state index is 13.6. The van der Waals surface area contributed by atoms with Crippen molar-refractivity contribution in [3.05, 3.63) is 46.6 Å². The molecule has 0 atom stereocenters. The first-order valence-corrected chi connectivity index (χ1v) is 10.0. The zero-order valence-electron chi connectivity index (χ0n) is 15.2. The Morgan fingerprint density at radius 1 is 1.07 bits per heavy atom. The SMILES string of the molecule is CC(C)c1cc(Cl)cc(C(C)C)c1NC(=O)NS(=O)(=O)c1nccnc1F. The van der Waals surface area contributed by atoms with Gasteiger partial charge in [0.1, 0.15) is 0 Å². The van der Waals surface area contributed by atoms with Crippen molar-refractivity contribution in [2.75, 3.05) is 5.32 Å². The Labute approximate surface area is 162 Å². The molecule has 1 aromatic heterocycles. The van der Waals surface area contributed by atoms with E-state index < -0.39 is 27.0 Å². The van der Waals surface area contributed by atoms with Gasteiger partial charge in [-0.15, -0.1) is 0 Å². The van der Waals surface area contributed by atoms with Crippen molar-refractivity contribution < 1.29 is 17.6 Å². The summed E-state index contributed by atoms with van der Waals surface area (Å²) >= 11 is 6.17.